The summed E-state index contributed by atoms with van der Waals surface area (Å²) in [7, 11) is 1.88. The summed E-state index contributed by atoms with van der Waals surface area (Å²) in [4.78, 5) is 16.0. The normalized spacial score (nSPS) is 26.4. The molecule has 1 aromatic heterocycles. The Morgan fingerprint density at radius 2 is 2.18 bits per heavy atom. The van der Waals surface area contributed by atoms with Crippen molar-refractivity contribution in [2.24, 2.45) is 0 Å². The highest BCUT2D eigenvalue weighted by atomic mass is 16.5. The average Bonchev–Trinajstić information content (AvgIpc) is 2.93. The maximum absolute atomic E-state index is 11.8. The molecule has 2 saturated heterocycles. The molecule has 0 unspecified atom stereocenters. The fourth-order valence-electron chi connectivity index (χ4n) is 3.49. The second-order valence-electron chi connectivity index (χ2n) is 6.20. The van der Waals surface area contributed by atoms with Crippen LogP contribution in [0.3, 0.4) is 0 Å². The lowest BCUT2D eigenvalue weighted by molar-refractivity contribution is -0.160. The van der Waals surface area contributed by atoms with Crippen LogP contribution in [0.1, 0.15) is 12.2 Å². The molecule has 0 bridgehead atoms. The fraction of sp³-hybridized carbons (Fsp3) is 0.471. The van der Waals surface area contributed by atoms with Gasteiger partial charge in [-0.3, -0.25) is 9.69 Å². The number of hydrogen-bond acceptors (Lipinski definition) is 4. The van der Waals surface area contributed by atoms with Gasteiger partial charge in [0.15, 0.2) is 0 Å². The van der Waals surface area contributed by atoms with Crippen LogP contribution in [-0.4, -0.2) is 54.6 Å². The van der Waals surface area contributed by atoms with Crippen LogP contribution >= 0.6 is 0 Å². The monoisotopic (exact) mass is 300 g/mol. The van der Waals surface area contributed by atoms with Crippen LogP contribution in [0.2, 0.25) is 0 Å². The molecule has 2 aliphatic rings. The number of para-hydroxylation sites is 1. The Kier molecular flexibility index (Phi) is 3.39. The molecule has 0 N–H and O–H groups in total. The van der Waals surface area contributed by atoms with Crippen molar-refractivity contribution < 1.29 is 13.9 Å². The van der Waals surface area contributed by atoms with E-state index in [1.165, 1.54) is 0 Å². The number of carbonyl (C=O) groups is 1. The van der Waals surface area contributed by atoms with Crippen LogP contribution in [-0.2, 0) is 16.1 Å². The minimum absolute atomic E-state index is 0.0758. The average molecular weight is 300 g/mol. The van der Waals surface area contributed by atoms with Gasteiger partial charge in [0.05, 0.1) is 18.7 Å². The second-order valence-corrected chi connectivity index (χ2v) is 6.20. The van der Waals surface area contributed by atoms with E-state index in [1.54, 1.807) is 0 Å². The van der Waals surface area contributed by atoms with Gasteiger partial charge in [0.25, 0.3) is 0 Å². The van der Waals surface area contributed by atoms with Crippen molar-refractivity contribution in [1.82, 2.24) is 9.80 Å². The predicted molar refractivity (Wildman–Crippen MR) is 82.4 cm³/mol. The minimum Gasteiger partial charge on any atom is -0.460 e. The lowest BCUT2D eigenvalue weighted by Crippen LogP contribution is -2.60. The van der Waals surface area contributed by atoms with Gasteiger partial charge >= 0.3 is 0 Å². The Morgan fingerprint density at radius 3 is 3.05 bits per heavy atom. The molecule has 22 heavy (non-hydrogen) atoms. The lowest BCUT2D eigenvalue weighted by atomic mass is 9.99. The standard InChI is InChI=1S/C17H20N2O3/c1-18-14-10-19(7-6-16(14)21-11-17(18)20)9-13-8-12-4-2-3-5-15(12)22-13/h2-5,8,14,16H,6-7,9-11H2,1H3/t14-,16+/m0/s1. The number of hydrogen-bond donors (Lipinski definition) is 0. The number of carbonyl (C=O) groups excluding carboxylic acids is 1. The molecule has 4 rings (SSSR count). The molecule has 1 aromatic carbocycles. The number of fused-ring (bicyclic) bond motifs is 2. The number of rotatable bonds is 2. The summed E-state index contributed by atoms with van der Waals surface area (Å²) in [5.74, 6) is 1.05. The largest absolute Gasteiger partial charge is 0.460 e. The molecule has 0 radical (unpaired) electrons. The quantitative estimate of drug-likeness (QED) is 0.849. The van der Waals surface area contributed by atoms with Crippen molar-refractivity contribution in [1.29, 1.82) is 0 Å². The van der Waals surface area contributed by atoms with Gasteiger partial charge in [-0.1, -0.05) is 18.2 Å². The van der Waals surface area contributed by atoms with Gasteiger partial charge in [-0.25, -0.2) is 0 Å². The summed E-state index contributed by atoms with van der Waals surface area (Å²) in [5.41, 5.74) is 0.931. The van der Waals surface area contributed by atoms with Crippen LogP contribution in [0.25, 0.3) is 11.0 Å². The van der Waals surface area contributed by atoms with Crippen LogP contribution in [0, 0.1) is 0 Å². The fourth-order valence-corrected chi connectivity index (χ4v) is 3.49. The number of likely N-dealkylation sites (N-methyl/N-ethyl adjacent to an activating group) is 1. The Balaban J connectivity index is 1.48. The van der Waals surface area contributed by atoms with Gasteiger partial charge in [0.1, 0.15) is 18.0 Å². The second kappa shape index (κ2) is 5.41. The third-order valence-corrected chi connectivity index (χ3v) is 4.77. The summed E-state index contributed by atoms with van der Waals surface area (Å²) in [5, 5.41) is 1.14. The molecule has 1 amide bonds. The van der Waals surface area contributed by atoms with Crippen LogP contribution in [0.5, 0.6) is 0 Å². The molecule has 2 aromatic rings. The molecule has 0 aliphatic carbocycles. The minimum atomic E-state index is 0.0758. The molecule has 0 spiro atoms. The zero-order valence-corrected chi connectivity index (χ0v) is 12.7. The van der Waals surface area contributed by atoms with Crippen LogP contribution in [0.4, 0.5) is 0 Å². The van der Waals surface area contributed by atoms with E-state index < -0.39 is 0 Å². The number of nitrogens with zero attached hydrogens (tertiary/aromatic N) is 2. The van der Waals surface area contributed by atoms with Crippen molar-refractivity contribution in [2.45, 2.75) is 25.1 Å². The summed E-state index contributed by atoms with van der Waals surface area (Å²) < 4.78 is 11.6. The van der Waals surface area contributed by atoms with E-state index in [2.05, 4.69) is 17.0 Å². The predicted octanol–water partition coefficient (Wildman–Crippen LogP) is 1.86. The molecule has 2 fully saturated rings. The molecule has 2 atom stereocenters. The van der Waals surface area contributed by atoms with E-state index in [0.717, 1.165) is 42.8 Å². The molecular formula is C17H20N2O3. The summed E-state index contributed by atoms with van der Waals surface area (Å²) >= 11 is 0. The van der Waals surface area contributed by atoms with Crippen molar-refractivity contribution in [3.05, 3.63) is 36.1 Å². The first-order chi connectivity index (χ1) is 10.7. The Morgan fingerprint density at radius 1 is 1.32 bits per heavy atom. The highest BCUT2D eigenvalue weighted by Gasteiger charge is 2.38. The van der Waals surface area contributed by atoms with E-state index in [4.69, 9.17) is 9.15 Å². The number of benzene rings is 1. The highest BCUT2D eigenvalue weighted by Crippen LogP contribution is 2.25. The van der Waals surface area contributed by atoms with Crippen LogP contribution in [0.15, 0.2) is 34.7 Å². The summed E-state index contributed by atoms with van der Waals surface area (Å²) in [6.45, 7) is 2.81. The first-order valence-electron chi connectivity index (χ1n) is 7.78. The number of piperidine rings is 1. The van der Waals surface area contributed by atoms with Crippen molar-refractivity contribution in [3.8, 4) is 0 Å². The number of furan rings is 1. The first kappa shape index (κ1) is 13.8. The molecule has 5 nitrogen and oxygen atoms in total. The van der Waals surface area contributed by atoms with Crippen molar-refractivity contribution >= 4 is 16.9 Å². The number of ether oxygens (including phenoxy) is 1. The zero-order chi connectivity index (χ0) is 15.1. The van der Waals surface area contributed by atoms with Crippen molar-refractivity contribution in [3.63, 3.8) is 0 Å². The van der Waals surface area contributed by atoms with Gasteiger partial charge in [0, 0.05) is 25.5 Å². The molecule has 2 aliphatic heterocycles. The molecular weight excluding hydrogens is 280 g/mol. The topological polar surface area (TPSA) is 45.9 Å². The van der Waals surface area contributed by atoms with Crippen molar-refractivity contribution in [2.75, 3.05) is 26.7 Å². The maximum atomic E-state index is 11.8. The van der Waals surface area contributed by atoms with E-state index >= 15 is 0 Å². The number of morpholine rings is 1. The Hall–Kier alpha value is -1.85. The summed E-state index contributed by atoms with van der Waals surface area (Å²) in [6, 6.07) is 10.3. The molecule has 116 valence electrons. The zero-order valence-electron chi connectivity index (χ0n) is 12.7. The van der Waals surface area contributed by atoms with E-state index in [0.29, 0.717) is 0 Å². The lowest BCUT2D eigenvalue weighted by Gasteiger charge is -2.45. The Labute approximate surface area is 129 Å². The number of likely N-dealkylation sites (tertiary alicyclic amines) is 1. The molecule has 0 saturated carbocycles. The Bertz CT molecular complexity index is 663. The van der Waals surface area contributed by atoms with E-state index in [1.807, 2.05) is 30.1 Å². The summed E-state index contributed by atoms with van der Waals surface area (Å²) in [6.07, 6.45) is 1.14. The highest BCUT2D eigenvalue weighted by molar-refractivity contribution is 5.78. The SMILES string of the molecule is CN1C(=O)CO[C@@H]2CCN(Cc3cc4ccccc4o3)C[C@@H]21. The third kappa shape index (κ3) is 2.40. The molecule has 3 heterocycles. The van der Waals surface area contributed by atoms with Gasteiger partial charge in [-0.2, -0.15) is 0 Å². The third-order valence-electron chi connectivity index (χ3n) is 4.77. The number of amides is 1. The maximum Gasteiger partial charge on any atom is 0.248 e. The first-order valence-corrected chi connectivity index (χ1v) is 7.78. The van der Waals surface area contributed by atoms with Crippen LogP contribution < -0.4 is 0 Å². The smallest absolute Gasteiger partial charge is 0.248 e. The van der Waals surface area contributed by atoms with E-state index in [-0.39, 0.29) is 24.7 Å². The van der Waals surface area contributed by atoms with Gasteiger partial charge in [-0.15, -0.1) is 0 Å². The van der Waals surface area contributed by atoms with E-state index in [9.17, 15) is 4.79 Å². The van der Waals surface area contributed by atoms with Gasteiger partial charge in [0.2, 0.25) is 5.91 Å². The molecule has 5 heteroatoms. The van der Waals surface area contributed by atoms with Gasteiger partial charge < -0.3 is 14.1 Å². The van der Waals surface area contributed by atoms with Gasteiger partial charge in [-0.05, 0) is 18.6 Å².